The Morgan fingerprint density at radius 2 is 1.12 bits per heavy atom. The number of nitrogens with zero attached hydrogens (tertiary/aromatic N) is 1. The van der Waals surface area contributed by atoms with E-state index in [0.29, 0.717) is 0 Å². The van der Waals surface area contributed by atoms with Crippen LogP contribution in [-0.4, -0.2) is 21.8 Å². The van der Waals surface area contributed by atoms with Gasteiger partial charge in [-0.3, -0.25) is 4.98 Å². The minimum absolute atomic E-state index is 0.0524. The molecule has 1 aromatic heterocycles. The van der Waals surface area contributed by atoms with E-state index in [-0.39, 0.29) is 15.4 Å². The van der Waals surface area contributed by atoms with Gasteiger partial charge in [0.25, 0.3) is 0 Å². The van der Waals surface area contributed by atoms with Crippen LogP contribution in [0.1, 0.15) is 10.1 Å². The van der Waals surface area contributed by atoms with E-state index in [1.165, 1.54) is 48.8 Å². The van der Waals surface area contributed by atoms with E-state index in [1.54, 1.807) is 36.4 Å². The normalized spacial score (nSPS) is 12.2. The molecule has 0 amide bonds. The van der Waals surface area contributed by atoms with E-state index in [2.05, 4.69) is 4.98 Å². The monoisotopic (exact) mass is 373 g/mol. The van der Waals surface area contributed by atoms with Gasteiger partial charge < -0.3 is 0 Å². The molecule has 0 atom stereocenters. The number of benzene rings is 2. The Morgan fingerprint density at radius 1 is 0.640 bits per heavy atom. The van der Waals surface area contributed by atoms with Crippen molar-refractivity contribution in [2.45, 2.75) is 14.4 Å². The van der Waals surface area contributed by atoms with Crippen molar-refractivity contribution in [2.75, 3.05) is 0 Å². The van der Waals surface area contributed by atoms with Gasteiger partial charge in [0.05, 0.1) is 9.79 Å². The van der Waals surface area contributed by atoms with Gasteiger partial charge in [-0.1, -0.05) is 42.5 Å². The number of pyridine rings is 1. The third-order valence-corrected chi connectivity index (χ3v) is 8.71. The molecule has 7 heteroatoms. The van der Waals surface area contributed by atoms with Crippen molar-refractivity contribution in [3.05, 3.63) is 90.8 Å². The smallest absolute Gasteiger partial charge is 0.200 e. The van der Waals surface area contributed by atoms with E-state index < -0.39 is 24.3 Å². The maximum absolute atomic E-state index is 13.1. The molecule has 25 heavy (non-hydrogen) atoms. The maximum atomic E-state index is 13.1. The number of aromatic nitrogens is 1. The van der Waals surface area contributed by atoms with Crippen LogP contribution in [0, 0.1) is 0 Å². The molecule has 0 bridgehead atoms. The molecule has 0 aliphatic heterocycles. The quantitative estimate of drug-likeness (QED) is 0.687. The molecule has 2 aromatic carbocycles. The van der Waals surface area contributed by atoms with Crippen LogP contribution in [0.3, 0.4) is 0 Å². The second kappa shape index (κ2) is 6.78. The first kappa shape index (κ1) is 17.3. The Hall–Kier alpha value is -2.51. The summed E-state index contributed by atoms with van der Waals surface area (Å²) in [5.41, 5.74) is 0.107. The highest BCUT2D eigenvalue weighted by atomic mass is 32.3. The number of sulfone groups is 2. The second-order valence-corrected chi connectivity index (χ2v) is 9.70. The zero-order valence-corrected chi connectivity index (χ0v) is 14.7. The molecule has 0 aliphatic rings. The fourth-order valence-corrected chi connectivity index (χ4v) is 7.07. The van der Waals surface area contributed by atoms with Crippen molar-refractivity contribution in [2.24, 2.45) is 0 Å². The minimum Gasteiger partial charge on any atom is -0.264 e. The molecule has 0 radical (unpaired) electrons. The summed E-state index contributed by atoms with van der Waals surface area (Å²) >= 11 is 0. The van der Waals surface area contributed by atoms with Crippen molar-refractivity contribution in [1.29, 1.82) is 0 Å². The van der Waals surface area contributed by atoms with Crippen LogP contribution in [0.2, 0.25) is 0 Å². The van der Waals surface area contributed by atoms with Crippen LogP contribution in [0.4, 0.5) is 0 Å². The Balaban J connectivity index is 2.26. The zero-order chi connectivity index (χ0) is 17.9. The summed E-state index contributed by atoms with van der Waals surface area (Å²) in [6.07, 6.45) is 2.73. The molecule has 0 fully saturated rings. The summed E-state index contributed by atoms with van der Waals surface area (Å²) in [6.45, 7) is 0. The Bertz CT molecular complexity index is 980. The minimum atomic E-state index is -4.19. The first-order valence-corrected chi connectivity index (χ1v) is 10.5. The molecule has 5 nitrogen and oxygen atoms in total. The predicted molar refractivity (Wildman–Crippen MR) is 94.2 cm³/mol. The molecule has 0 N–H and O–H groups in total. The van der Waals surface area contributed by atoms with Crippen LogP contribution in [0.5, 0.6) is 0 Å². The maximum Gasteiger partial charge on any atom is 0.200 e. The highest BCUT2D eigenvalue weighted by Gasteiger charge is 2.41. The van der Waals surface area contributed by atoms with E-state index in [1.807, 2.05) is 0 Å². The lowest BCUT2D eigenvalue weighted by Gasteiger charge is -2.18. The van der Waals surface area contributed by atoms with Gasteiger partial charge in [0.2, 0.25) is 0 Å². The van der Waals surface area contributed by atoms with Crippen molar-refractivity contribution < 1.29 is 16.8 Å². The fraction of sp³-hybridized carbons (Fsp3) is 0.0556. The van der Waals surface area contributed by atoms with Crippen LogP contribution in [0.15, 0.2) is 95.0 Å². The molecule has 128 valence electrons. The second-order valence-electron chi connectivity index (χ2n) is 5.33. The highest BCUT2D eigenvalue weighted by Crippen LogP contribution is 2.37. The van der Waals surface area contributed by atoms with Crippen LogP contribution >= 0.6 is 0 Å². The summed E-state index contributed by atoms with van der Waals surface area (Å²) in [6, 6.07) is 18.1. The van der Waals surface area contributed by atoms with Crippen LogP contribution in [0.25, 0.3) is 0 Å². The van der Waals surface area contributed by atoms with Gasteiger partial charge in [0.1, 0.15) is 0 Å². The van der Waals surface area contributed by atoms with Gasteiger partial charge in [-0.25, -0.2) is 16.8 Å². The predicted octanol–water partition coefficient (Wildman–Crippen LogP) is 3.03. The fourth-order valence-electron chi connectivity index (χ4n) is 2.51. The zero-order valence-electron chi connectivity index (χ0n) is 13.1. The van der Waals surface area contributed by atoms with E-state index in [0.717, 1.165) is 0 Å². The highest BCUT2D eigenvalue weighted by molar-refractivity contribution is 8.08. The topological polar surface area (TPSA) is 81.2 Å². The average Bonchev–Trinajstić information content (AvgIpc) is 2.64. The summed E-state index contributed by atoms with van der Waals surface area (Å²) in [5.74, 6) is 0. The van der Waals surface area contributed by atoms with E-state index in [4.69, 9.17) is 0 Å². The van der Waals surface area contributed by atoms with Gasteiger partial charge >= 0.3 is 0 Å². The van der Waals surface area contributed by atoms with Crippen LogP contribution in [-0.2, 0) is 19.7 Å². The van der Waals surface area contributed by atoms with Gasteiger partial charge in [-0.15, -0.1) is 0 Å². The number of hydrogen-bond acceptors (Lipinski definition) is 5. The van der Waals surface area contributed by atoms with E-state index >= 15 is 0 Å². The first-order valence-electron chi connectivity index (χ1n) is 7.42. The van der Waals surface area contributed by atoms with Gasteiger partial charge in [0, 0.05) is 18.0 Å². The van der Waals surface area contributed by atoms with Crippen LogP contribution < -0.4 is 0 Å². The molecule has 3 aromatic rings. The Morgan fingerprint density at radius 3 is 1.52 bits per heavy atom. The lowest BCUT2D eigenvalue weighted by Crippen LogP contribution is -2.23. The third kappa shape index (κ3) is 3.33. The molecule has 0 saturated carbocycles. The number of rotatable bonds is 5. The summed E-state index contributed by atoms with van der Waals surface area (Å²) in [5, 5.41) is 0. The van der Waals surface area contributed by atoms with Gasteiger partial charge in [0.15, 0.2) is 24.3 Å². The Kier molecular flexibility index (Phi) is 4.69. The van der Waals surface area contributed by atoms with Crippen molar-refractivity contribution in [3.8, 4) is 0 Å². The molecule has 1 heterocycles. The van der Waals surface area contributed by atoms with E-state index in [9.17, 15) is 16.8 Å². The third-order valence-electron chi connectivity index (χ3n) is 3.66. The van der Waals surface area contributed by atoms with Crippen molar-refractivity contribution in [3.63, 3.8) is 0 Å². The summed E-state index contributed by atoms with van der Waals surface area (Å²) in [4.78, 5) is 3.79. The molecule has 0 unspecified atom stereocenters. The number of hydrogen-bond donors (Lipinski definition) is 0. The van der Waals surface area contributed by atoms with Crippen molar-refractivity contribution in [1.82, 2.24) is 4.98 Å². The lowest BCUT2D eigenvalue weighted by molar-refractivity contribution is 0.576. The van der Waals surface area contributed by atoms with Gasteiger partial charge in [-0.05, 0) is 30.3 Å². The first-order chi connectivity index (χ1) is 11.9. The standard InChI is InChI=1S/C18H15NO4S2/c20-24(21,16-9-3-1-4-10-16)18(15-8-7-13-19-14-15)25(22,23)17-11-5-2-6-12-17/h1-14,18H. The Labute approximate surface area is 146 Å². The largest absolute Gasteiger partial charge is 0.264 e. The lowest BCUT2D eigenvalue weighted by atomic mass is 10.3. The van der Waals surface area contributed by atoms with Crippen molar-refractivity contribution >= 4 is 19.7 Å². The van der Waals surface area contributed by atoms with Gasteiger partial charge in [-0.2, -0.15) is 0 Å². The molecular formula is C18H15NO4S2. The molecular weight excluding hydrogens is 358 g/mol. The SMILES string of the molecule is O=S(=O)(c1ccccc1)C(c1cccnc1)S(=O)(=O)c1ccccc1. The molecule has 3 rings (SSSR count). The molecule has 0 aliphatic carbocycles. The summed E-state index contributed by atoms with van der Waals surface area (Å²) < 4.78 is 50.8. The average molecular weight is 373 g/mol. The molecule has 0 spiro atoms. The molecule has 0 saturated heterocycles. The summed E-state index contributed by atoms with van der Waals surface area (Å²) in [7, 11) is -8.38.